The van der Waals surface area contributed by atoms with Crippen LogP contribution in [0.3, 0.4) is 0 Å². The third-order valence-corrected chi connectivity index (χ3v) is 14.6. The van der Waals surface area contributed by atoms with E-state index in [0.29, 0.717) is 38.5 Å². The molecule has 0 rings (SSSR count). The number of aliphatic carboxylic acids is 2. The predicted molar refractivity (Wildman–Crippen MR) is 337 cm³/mol. The van der Waals surface area contributed by atoms with Gasteiger partial charge in [-0.2, -0.15) is 0 Å². The van der Waals surface area contributed by atoms with Crippen LogP contribution in [0, 0.1) is 17.8 Å². The molecule has 35 nitrogen and oxygen atoms in total. The molecule has 0 aromatic carbocycles. The molecule has 0 aromatic heterocycles. The summed E-state index contributed by atoms with van der Waals surface area (Å²) in [6, 6.07) is -16.2. The number of carboxylic acids is 2. The normalized spacial score (nSPS) is 15.4. The quantitative estimate of drug-likeness (QED) is 0.0252. The van der Waals surface area contributed by atoms with Crippen molar-refractivity contribution in [1.29, 1.82) is 0 Å². The van der Waals surface area contributed by atoms with Gasteiger partial charge in [0.2, 0.25) is 76.8 Å². The lowest BCUT2D eigenvalue weighted by Gasteiger charge is -2.30. The van der Waals surface area contributed by atoms with Gasteiger partial charge in [-0.25, -0.2) is 4.79 Å². The van der Waals surface area contributed by atoms with Crippen LogP contribution in [0.1, 0.15) is 158 Å². The molecular weight excluding hydrogens is 1220 g/mol. The summed E-state index contributed by atoms with van der Waals surface area (Å²) in [6.45, 7) is 12.6. The van der Waals surface area contributed by atoms with Gasteiger partial charge in [0.05, 0.1) is 25.5 Å². The molecule has 0 unspecified atom stereocenters. The van der Waals surface area contributed by atoms with Crippen LogP contribution in [0.5, 0.6) is 0 Å². The molecule has 0 saturated carbocycles. The van der Waals surface area contributed by atoms with Crippen LogP contribution in [0.25, 0.3) is 0 Å². The van der Waals surface area contributed by atoms with Crippen molar-refractivity contribution >= 4 is 88.7 Å². The highest BCUT2D eigenvalue weighted by atomic mass is 16.4. The molecule has 0 fully saturated rings. The molecule has 13 amide bonds. The Bertz CT molecular complexity index is 2510. The summed E-state index contributed by atoms with van der Waals surface area (Å²) in [7, 11) is 0. The molecule has 530 valence electrons. The van der Waals surface area contributed by atoms with E-state index in [9.17, 15) is 87.2 Å². The number of primary amides is 2. The van der Waals surface area contributed by atoms with E-state index in [1.54, 1.807) is 41.5 Å². The van der Waals surface area contributed by atoms with Gasteiger partial charge in [0.1, 0.15) is 66.5 Å². The minimum Gasteiger partial charge on any atom is -0.481 e. The Labute approximate surface area is 541 Å². The number of aliphatic hydroxyl groups is 1. The Hall–Kier alpha value is -8.15. The van der Waals surface area contributed by atoms with Gasteiger partial charge in [-0.05, 0) is 128 Å². The van der Waals surface area contributed by atoms with Crippen LogP contribution in [0.4, 0.5) is 0 Å². The number of carbonyl (C=O) groups excluding carboxylic acids is 13. The topological polar surface area (TPSA) is 605 Å². The molecule has 0 radical (unpaired) electrons. The van der Waals surface area contributed by atoms with E-state index in [2.05, 4.69) is 58.5 Å². The van der Waals surface area contributed by atoms with E-state index in [-0.39, 0.29) is 82.8 Å². The number of carbonyl (C=O) groups is 15. The summed E-state index contributed by atoms with van der Waals surface area (Å²) >= 11 is 0. The van der Waals surface area contributed by atoms with Crippen LogP contribution in [0.2, 0.25) is 0 Å². The van der Waals surface area contributed by atoms with E-state index in [1.165, 1.54) is 13.8 Å². The number of rotatable bonds is 49. The number of unbranched alkanes of at least 4 members (excludes halogenated alkanes) is 3. The number of nitrogens with one attached hydrogen (secondary N) is 11. The lowest BCUT2D eigenvalue weighted by Crippen LogP contribution is -2.61. The zero-order valence-corrected chi connectivity index (χ0v) is 54.7. The van der Waals surface area contributed by atoms with Gasteiger partial charge in [-0.15, -0.1) is 0 Å². The van der Waals surface area contributed by atoms with E-state index in [1.807, 2.05) is 0 Å². The molecule has 93 heavy (non-hydrogen) atoms. The van der Waals surface area contributed by atoms with E-state index >= 15 is 0 Å². The van der Waals surface area contributed by atoms with Crippen molar-refractivity contribution in [3.8, 4) is 0 Å². The van der Waals surface area contributed by atoms with E-state index in [0.717, 1.165) is 0 Å². The van der Waals surface area contributed by atoms with Crippen LogP contribution >= 0.6 is 0 Å². The molecule has 26 N–H and O–H groups in total. The fraction of sp³-hybridized carbons (Fsp3) is 0.741. The van der Waals surface area contributed by atoms with Crippen LogP contribution in [-0.4, -0.2) is 203 Å². The van der Waals surface area contributed by atoms with Crippen molar-refractivity contribution in [2.24, 2.45) is 52.2 Å². The molecule has 0 aliphatic heterocycles. The molecule has 35 heteroatoms. The Morgan fingerprint density at radius 2 is 0.785 bits per heavy atom. The predicted octanol–water partition coefficient (Wildman–Crippen LogP) is -6.10. The Kier molecular flexibility index (Phi) is 41.2. The van der Waals surface area contributed by atoms with Crippen molar-refractivity contribution in [1.82, 2.24) is 58.5 Å². The van der Waals surface area contributed by atoms with Crippen molar-refractivity contribution in [3.05, 3.63) is 0 Å². The molecule has 0 bridgehead atoms. The molecule has 0 saturated heterocycles. The molecule has 0 aromatic rings. The maximum atomic E-state index is 14.3. The van der Waals surface area contributed by atoms with Crippen LogP contribution < -0.4 is 92.9 Å². The molecule has 0 aliphatic rings. The van der Waals surface area contributed by atoms with Crippen LogP contribution in [-0.2, 0) is 71.9 Å². The first kappa shape index (κ1) is 84.8. The second kappa shape index (κ2) is 45.2. The first-order valence-electron chi connectivity index (χ1n) is 31.4. The lowest BCUT2D eigenvalue weighted by molar-refractivity contribution is -0.143. The van der Waals surface area contributed by atoms with E-state index in [4.69, 9.17) is 34.4 Å². The number of carboxylic acid groups (broad SMARTS) is 2. The van der Waals surface area contributed by atoms with Gasteiger partial charge in [0.15, 0.2) is 0 Å². The van der Waals surface area contributed by atoms with Gasteiger partial charge in [-0.3, -0.25) is 67.1 Å². The maximum absolute atomic E-state index is 14.3. The minimum atomic E-state index is -1.98. The Balaban J connectivity index is 6.59. The summed E-state index contributed by atoms with van der Waals surface area (Å²) in [5.74, 6) is -16.8. The second-order valence-corrected chi connectivity index (χ2v) is 23.9. The zero-order chi connectivity index (χ0) is 71.2. The molecule has 0 heterocycles. The Morgan fingerprint density at radius 3 is 1.18 bits per heavy atom. The fourth-order valence-electron chi connectivity index (χ4n) is 9.04. The van der Waals surface area contributed by atoms with Crippen molar-refractivity contribution in [2.75, 3.05) is 26.2 Å². The summed E-state index contributed by atoms with van der Waals surface area (Å²) in [5.41, 5.74) is 33.5. The number of amides is 13. The molecule has 0 spiro atoms. The molecular formula is C58H105N17O18. The third kappa shape index (κ3) is 34.9. The SMILES string of the molecule is CC[C@H](C)[C@H](NC(=O)[C@H](CCCCN)NC(=O)[C@H](CC(C)C)NC(=O)[C@H](CC(N)=O)NC(=O)[C@H](CC(=O)O)NC(=O)CNC(=O)[C@H](C)NC(=O)[C@H](CCCCN)NC(=O)[C@H](CC(C)C)NC(=O)[C@@H](N)[C@@H](C)O)C(=O)N[C@@H](CCCCN)C(=O)N[C@@H](CCC(N)=O)C(=O)O. The second-order valence-electron chi connectivity index (χ2n) is 23.9. The number of hydrogen-bond donors (Lipinski definition) is 20. The maximum Gasteiger partial charge on any atom is 0.326 e. The summed E-state index contributed by atoms with van der Waals surface area (Å²) in [4.78, 5) is 198. The van der Waals surface area contributed by atoms with Crippen molar-refractivity contribution < 1.29 is 87.2 Å². The average molecular weight is 1330 g/mol. The van der Waals surface area contributed by atoms with Gasteiger partial charge < -0.3 is 108 Å². The van der Waals surface area contributed by atoms with Gasteiger partial charge >= 0.3 is 11.9 Å². The van der Waals surface area contributed by atoms with Crippen LogP contribution in [0.15, 0.2) is 0 Å². The highest BCUT2D eigenvalue weighted by Crippen LogP contribution is 2.15. The van der Waals surface area contributed by atoms with Gasteiger partial charge in [0.25, 0.3) is 0 Å². The first-order valence-corrected chi connectivity index (χ1v) is 31.4. The number of hydrogen-bond acceptors (Lipinski definition) is 20. The zero-order valence-electron chi connectivity index (χ0n) is 54.7. The third-order valence-electron chi connectivity index (χ3n) is 14.6. The fourth-order valence-corrected chi connectivity index (χ4v) is 9.04. The minimum absolute atomic E-state index is 0.00380. The first-order chi connectivity index (χ1) is 43.5. The molecule has 13 atom stereocenters. The smallest absolute Gasteiger partial charge is 0.326 e. The van der Waals surface area contributed by atoms with Gasteiger partial charge in [-0.1, -0.05) is 48.0 Å². The lowest BCUT2D eigenvalue weighted by atomic mass is 9.96. The molecule has 0 aliphatic carbocycles. The highest BCUT2D eigenvalue weighted by molar-refractivity contribution is 6.00. The summed E-state index contributed by atoms with van der Waals surface area (Å²) < 4.78 is 0. The Morgan fingerprint density at radius 1 is 0.409 bits per heavy atom. The van der Waals surface area contributed by atoms with Gasteiger partial charge in [0, 0.05) is 6.42 Å². The number of nitrogens with two attached hydrogens (primary N) is 6. The van der Waals surface area contributed by atoms with E-state index < -0.39 is 187 Å². The standard InChI is InChI=1S/C58H105N17O18/c1-9-31(6)47(57(91)70-35(17-11-14-22-60)50(84)71-37(58(92)93)19-20-42(62)77)75-51(85)36(18-12-15-23-61)69-52(86)38(24-29(2)3)72-54(88)40(26-43(63)78)73-55(89)41(27-45(80)81)67-44(79)28-65-48(82)32(7)66-49(83)34(16-10-13-21-59)68-53(87)39(25-30(4)5)74-56(90)46(64)33(8)76/h29-41,46-47,76H,9-28,59-61,64H2,1-8H3,(H2,62,77)(H2,63,78)(H,65,82)(H,66,83)(H,67,79)(H,68,87)(H,69,86)(H,70,91)(H,71,84)(H,72,88)(H,73,89)(H,74,90)(H,75,85)(H,80,81)(H,92,93)/t31-,32-,33+,34-,35-,36-,37-,38-,39-,40-,41-,46-,47-/m0/s1. The van der Waals surface area contributed by atoms with Crippen molar-refractivity contribution in [3.63, 3.8) is 0 Å². The summed E-state index contributed by atoms with van der Waals surface area (Å²) in [5, 5.41) is 56.0. The van der Waals surface area contributed by atoms with Crippen molar-refractivity contribution in [2.45, 2.75) is 231 Å². The largest absolute Gasteiger partial charge is 0.481 e. The monoisotopic (exact) mass is 1330 g/mol. The highest BCUT2D eigenvalue weighted by Gasteiger charge is 2.37. The number of aliphatic hydroxyl groups excluding tert-OH is 1. The average Bonchev–Trinajstić information content (AvgIpc) is 0.938. The summed E-state index contributed by atoms with van der Waals surface area (Å²) in [6.07, 6.45) is -1.54.